The summed E-state index contributed by atoms with van der Waals surface area (Å²) in [6.07, 6.45) is 6.75. The Morgan fingerprint density at radius 3 is 2.37 bits per heavy atom. The molecule has 0 radical (unpaired) electrons. The molecule has 0 unspecified atom stereocenters. The number of sulfone groups is 1. The van der Waals surface area contributed by atoms with Gasteiger partial charge in [0.1, 0.15) is 0 Å². The average Bonchev–Trinajstić information content (AvgIpc) is 3.20. The molecule has 2 N–H and O–H groups in total. The molecule has 0 aliphatic carbocycles. The summed E-state index contributed by atoms with van der Waals surface area (Å²) in [5.41, 5.74) is 4.10. The van der Waals surface area contributed by atoms with Gasteiger partial charge in [0, 0.05) is 45.3 Å². The lowest BCUT2D eigenvalue weighted by atomic mass is 10.1. The predicted octanol–water partition coefficient (Wildman–Crippen LogP) is 2.51. The summed E-state index contributed by atoms with van der Waals surface area (Å²) in [5.74, 6) is 0.680. The maximum absolute atomic E-state index is 11.8. The maximum Gasteiger partial charge on any atom is 0.191 e. The van der Waals surface area contributed by atoms with Crippen LogP contribution in [-0.2, 0) is 29.5 Å². The summed E-state index contributed by atoms with van der Waals surface area (Å²) in [6.45, 7) is 3.78. The third kappa shape index (κ3) is 5.93. The van der Waals surface area contributed by atoms with Crippen LogP contribution in [0.1, 0.15) is 22.3 Å². The molecule has 8 heteroatoms. The summed E-state index contributed by atoms with van der Waals surface area (Å²) in [4.78, 5) is 8.71. The number of aryl methyl sites for hydroxylation is 1. The first kappa shape index (κ1) is 21.6. The van der Waals surface area contributed by atoms with Crippen LogP contribution in [0.15, 0.2) is 71.1 Å². The second-order valence-corrected chi connectivity index (χ2v) is 9.19. The Hall–Kier alpha value is -3.13. The summed E-state index contributed by atoms with van der Waals surface area (Å²) < 4.78 is 25.6. The average molecular weight is 426 g/mol. The van der Waals surface area contributed by atoms with Crippen LogP contribution >= 0.6 is 0 Å². The lowest BCUT2D eigenvalue weighted by molar-refractivity contribution is 0.601. The van der Waals surface area contributed by atoms with E-state index in [0.29, 0.717) is 23.9 Å². The molecule has 30 heavy (non-hydrogen) atoms. The van der Waals surface area contributed by atoms with Gasteiger partial charge in [0.25, 0.3) is 0 Å². The van der Waals surface area contributed by atoms with Gasteiger partial charge in [-0.2, -0.15) is 0 Å². The molecule has 3 rings (SSSR count). The summed E-state index contributed by atoms with van der Waals surface area (Å²) in [7, 11) is -1.48. The molecule has 0 amide bonds. The lowest BCUT2D eigenvalue weighted by Gasteiger charge is -2.14. The van der Waals surface area contributed by atoms with E-state index >= 15 is 0 Å². The third-order valence-corrected chi connectivity index (χ3v) is 5.96. The molecule has 2 aromatic carbocycles. The molecular formula is C22H27N5O2S. The smallest absolute Gasteiger partial charge is 0.191 e. The Labute approximate surface area is 177 Å². The highest BCUT2D eigenvalue weighted by atomic mass is 32.2. The highest BCUT2D eigenvalue weighted by molar-refractivity contribution is 7.90. The van der Waals surface area contributed by atoms with E-state index < -0.39 is 9.84 Å². The lowest BCUT2D eigenvalue weighted by Crippen LogP contribution is -2.36. The highest BCUT2D eigenvalue weighted by Crippen LogP contribution is 2.16. The van der Waals surface area contributed by atoms with Gasteiger partial charge in [-0.1, -0.05) is 36.4 Å². The van der Waals surface area contributed by atoms with Crippen LogP contribution in [0.4, 0.5) is 0 Å². The van der Waals surface area contributed by atoms with Gasteiger partial charge in [-0.15, -0.1) is 0 Å². The minimum absolute atomic E-state index is 0.365. The van der Waals surface area contributed by atoms with Crippen molar-refractivity contribution in [1.29, 1.82) is 0 Å². The van der Waals surface area contributed by atoms with Crippen molar-refractivity contribution < 1.29 is 8.42 Å². The number of nitrogens with one attached hydrogen (secondary N) is 2. The quantitative estimate of drug-likeness (QED) is 0.449. The van der Waals surface area contributed by atoms with E-state index in [9.17, 15) is 8.42 Å². The van der Waals surface area contributed by atoms with E-state index in [4.69, 9.17) is 0 Å². The minimum Gasteiger partial charge on any atom is -0.352 e. The normalized spacial score (nSPS) is 12.0. The molecule has 1 aromatic heterocycles. The fourth-order valence-corrected chi connectivity index (χ4v) is 4.22. The Kier molecular flexibility index (Phi) is 6.89. The molecule has 7 nitrogen and oxygen atoms in total. The molecule has 0 fully saturated rings. The van der Waals surface area contributed by atoms with Crippen molar-refractivity contribution in [3.8, 4) is 0 Å². The number of aromatic nitrogens is 2. The largest absolute Gasteiger partial charge is 0.352 e. The van der Waals surface area contributed by atoms with Crippen molar-refractivity contribution in [3.05, 3.63) is 83.4 Å². The van der Waals surface area contributed by atoms with Crippen molar-refractivity contribution in [2.45, 2.75) is 31.5 Å². The van der Waals surface area contributed by atoms with E-state index in [-0.39, 0.29) is 0 Å². The Bertz CT molecular complexity index is 1120. The van der Waals surface area contributed by atoms with Gasteiger partial charge in [0.05, 0.1) is 11.2 Å². The van der Waals surface area contributed by atoms with Crippen molar-refractivity contribution in [1.82, 2.24) is 20.2 Å². The standard InChI is InChI=1S/C22H27N5O2S/c1-17-11-19(7-8-21(17)30(3,28)29)14-26-22(23-2)25-13-18-5-4-6-20(12-18)15-27-10-9-24-16-27/h4-12,16H,13-15H2,1-3H3,(H2,23,25,26). The van der Waals surface area contributed by atoms with Crippen LogP contribution in [0.25, 0.3) is 0 Å². The fourth-order valence-electron chi connectivity index (χ4n) is 3.26. The van der Waals surface area contributed by atoms with Gasteiger partial charge in [-0.3, -0.25) is 4.99 Å². The van der Waals surface area contributed by atoms with Crippen LogP contribution in [-0.4, -0.2) is 37.2 Å². The van der Waals surface area contributed by atoms with Crippen molar-refractivity contribution in [2.75, 3.05) is 13.3 Å². The number of hydrogen-bond acceptors (Lipinski definition) is 4. The number of imidazole rings is 1. The van der Waals surface area contributed by atoms with E-state index in [2.05, 4.69) is 38.8 Å². The van der Waals surface area contributed by atoms with Crippen LogP contribution in [0, 0.1) is 6.92 Å². The number of rotatable bonds is 7. The molecule has 0 aliphatic heterocycles. The zero-order valence-corrected chi connectivity index (χ0v) is 18.3. The third-order valence-electron chi connectivity index (χ3n) is 4.70. The van der Waals surface area contributed by atoms with Gasteiger partial charge in [0.2, 0.25) is 0 Å². The van der Waals surface area contributed by atoms with Crippen molar-refractivity contribution >= 4 is 15.8 Å². The number of hydrogen-bond donors (Lipinski definition) is 2. The minimum atomic E-state index is -3.21. The summed E-state index contributed by atoms with van der Waals surface area (Å²) >= 11 is 0. The number of benzene rings is 2. The van der Waals surface area contributed by atoms with Crippen LogP contribution < -0.4 is 10.6 Å². The first-order valence-corrected chi connectivity index (χ1v) is 11.5. The summed E-state index contributed by atoms with van der Waals surface area (Å²) in [6, 6.07) is 13.7. The summed E-state index contributed by atoms with van der Waals surface area (Å²) in [5, 5.41) is 6.59. The number of aliphatic imine (C=N–C) groups is 1. The van der Waals surface area contributed by atoms with Gasteiger partial charge >= 0.3 is 0 Å². The molecular weight excluding hydrogens is 398 g/mol. The monoisotopic (exact) mass is 425 g/mol. The molecule has 0 saturated carbocycles. The van der Waals surface area contributed by atoms with E-state index in [1.807, 2.05) is 35.9 Å². The number of guanidine groups is 1. The van der Waals surface area contributed by atoms with Gasteiger partial charge in [-0.25, -0.2) is 13.4 Å². The zero-order valence-electron chi connectivity index (χ0n) is 17.5. The van der Waals surface area contributed by atoms with Crippen LogP contribution in [0.3, 0.4) is 0 Å². The molecule has 158 valence electrons. The Balaban J connectivity index is 1.56. The zero-order chi connectivity index (χ0) is 21.6. The molecule has 0 bridgehead atoms. The van der Waals surface area contributed by atoms with E-state index in [0.717, 1.165) is 23.2 Å². The van der Waals surface area contributed by atoms with E-state index in [1.54, 1.807) is 25.6 Å². The topological polar surface area (TPSA) is 88.4 Å². The van der Waals surface area contributed by atoms with Gasteiger partial charge in [-0.05, 0) is 35.2 Å². The maximum atomic E-state index is 11.8. The second-order valence-electron chi connectivity index (χ2n) is 7.21. The predicted molar refractivity (Wildman–Crippen MR) is 119 cm³/mol. The van der Waals surface area contributed by atoms with Gasteiger partial charge in [0.15, 0.2) is 15.8 Å². The molecule has 1 heterocycles. The molecule has 3 aromatic rings. The van der Waals surface area contributed by atoms with Crippen LogP contribution in [0.5, 0.6) is 0 Å². The Morgan fingerprint density at radius 2 is 1.77 bits per heavy atom. The van der Waals surface area contributed by atoms with Crippen LogP contribution in [0.2, 0.25) is 0 Å². The molecule has 0 aliphatic rings. The highest BCUT2D eigenvalue weighted by Gasteiger charge is 2.11. The van der Waals surface area contributed by atoms with Crippen molar-refractivity contribution in [3.63, 3.8) is 0 Å². The molecule has 0 saturated heterocycles. The first-order chi connectivity index (χ1) is 14.3. The molecule has 0 spiro atoms. The Morgan fingerprint density at radius 1 is 1.07 bits per heavy atom. The number of nitrogens with zero attached hydrogens (tertiary/aromatic N) is 3. The first-order valence-electron chi connectivity index (χ1n) is 9.63. The SMILES string of the molecule is CN=C(NCc1cccc(Cn2ccnc2)c1)NCc1ccc(S(C)(=O)=O)c(C)c1. The van der Waals surface area contributed by atoms with E-state index in [1.165, 1.54) is 11.8 Å². The fraction of sp³-hybridized carbons (Fsp3) is 0.273. The van der Waals surface area contributed by atoms with Gasteiger partial charge < -0.3 is 15.2 Å². The molecule has 0 atom stereocenters. The van der Waals surface area contributed by atoms with Crippen molar-refractivity contribution in [2.24, 2.45) is 4.99 Å². The second kappa shape index (κ2) is 9.58.